The molecule has 1 heterocycles. The minimum Gasteiger partial charge on any atom is -0.465 e. The van der Waals surface area contributed by atoms with Gasteiger partial charge in [-0.3, -0.25) is 4.90 Å². The van der Waals surface area contributed by atoms with Crippen molar-refractivity contribution < 1.29 is 9.53 Å². The Morgan fingerprint density at radius 2 is 1.88 bits per heavy atom. The van der Waals surface area contributed by atoms with Crippen molar-refractivity contribution in [3.63, 3.8) is 0 Å². The summed E-state index contributed by atoms with van der Waals surface area (Å²) in [7, 11) is 1.39. The maximum Gasteiger partial charge on any atom is 0.338 e. The first-order valence-electron chi connectivity index (χ1n) is 8.72. The van der Waals surface area contributed by atoms with E-state index in [1.54, 1.807) is 6.08 Å². The smallest absolute Gasteiger partial charge is 0.338 e. The predicted octanol–water partition coefficient (Wildman–Crippen LogP) is 3.41. The SMILES string of the molecule is COC(=O)C1=C/C=C\C=C/C=C1C1CN(Cc2ccccc2)CC1C#N. The Morgan fingerprint density at radius 1 is 1.15 bits per heavy atom. The molecule has 2 atom stereocenters. The second-order valence-electron chi connectivity index (χ2n) is 6.49. The third kappa shape index (κ3) is 4.01. The van der Waals surface area contributed by atoms with Gasteiger partial charge in [0.2, 0.25) is 0 Å². The quantitative estimate of drug-likeness (QED) is 0.784. The summed E-state index contributed by atoms with van der Waals surface area (Å²) in [6.07, 6.45) is 11.2. The van der Waals surface area contributed by atoms with Gasteiger partial charge in [-0.2, -0.15) is 5.26 Å². The molecular formula is C22H22N2O2. The normalized spacial score (nSPS) is 25.2. The van der Waals surface area contributed by atoms with Crippen LogP contribution in [0.4, 0.5) is 0 Å². The van der Waals surface area contributed by atoms with E-state index in [4.69, 9.17) is 4.74 Å². The topological polar surface area (TPSA) is 53.3 Å². The van der Waals surface area contributed by atoms with Gasteiger partial charge >= 0.3 is 5.97 Å². The van der Waals surface area contributed by atoms with Crippen LogP contribution in [0.1, 0.15) is 5.56 Å². The number of carbonyl (C=O) groups is 1. The van der Waals surface area contributed by atoms with E-state index in [9.17, 15) is 10.1 Å². The van der Waals surface area contributed by atoms with Crippen LogP contribution in [0.2, 0.25) is 0 Å². The summed E-state index contributed by atoms with van der Waals surface area (Å²) in [6.45, 7) is 2.24. The van der Waals surface area contributed by atoms with Crippen LogP contribution in [0.15, 0.2) is 77.9 Å². The first-order chi connectivity index (χ1) is 12.7. The molecule has 2 unspecified atom stereocenters. The van der Waals surface area contributed by atoms with E-state index in [1.807, 2.05) is 48.6 Å². The Labute approximate surface area is 154 Å². The summed E-state index contributed by atoms with van der Waals surface area (Å²) in [5.74, 6) is -0.547. The molecule has 4 heteroatoms. The van der Waals surface area contributed by atoms with E-state index in [0.29, 0.717) is 12.1 Å². The van der Waals surface area contributed by atoms with Gasteiger partial charge in [-0.25, -0.2) is 4.79 Å². The zero-order valence-electron chi connectivity index (χ0n) is 14.8. The third-order valence-electron chi connectivity index (χ3n) is 4.80. The lowest BCUT2D eigenvalue weighted by atomic mass is 9.84. The highest BCUT2D eigenvalue weighted by atomic mass is 16.5. The van der Waals surface area contributed by atoms with Crippen molar-refractivity contribution in [2.24, 2.45) is 11.8 Å². The molecule has 0 spiro atoms. The van der Waals surface area contributed by atoms with E-state index in [0.717, 1.165) is 18.7 Å². The summed E-state index contributed by atoms with van der Waals surface area (Å²) < 4.78 is 4.96. The fourth-order valence-corrected chi connectivity index (χ4v) is 3.55. The molecule has 2 aliphatic rings. The van der Waals surface area contributed by atoms with Crippen LogP contribution in [0.5, 0.6) is 0 Å². The van der Waals surface area contributed by atoms with E-state index < -0.39 is 0 Å². The van der Waals surface area contributed by atoms with Gasteiger partial charge in [0.1, 0.15) is 0 Å². The fourth-order valence-electron chi connectivity index (χ4n) is 3.55. The van der Waals surface area contributed by atoms with Crippen molar-refractivity contribution in [2.75, 3.05) is 20.2 Å². The molecule has 3 rings (SSSR count). The third-order valence-corrected chi connectivity index (χ3v) is 4.80. The lowest BCUT2D eigenvalue weighted by molar-refractivity contribution is -0.135. The highest BCUT2D eigenvalue weighted by Crippen LogP contribution is 2.35. The monoisotopic (exact) mass is 346 g/mol. The molecule has 1 saturated heterocycles. The van der Waals surface area contributed by atoms with Gasteiger partial charge in [-0.15, -0.1) is 0 Å². The van der Waals surface area contributed by atoms with E-state index in [1.165, 1.54) is 12.7 Å². The van der Waals surface area contributed by atoms with Crippen LogP contribution in [-0.4, -0.2) is 31.1 Å². The summed E-state index contributed by atoms with van der Waals surface area (Å²) in [5, 5.41) is 9.69. The Balaban J connectivity index is 1.85. The highest BCUT2D eigenvalue weighted by molar-refractivity contribution is 5.94. The van der Waals surface area contributed by atoms with Crippen LogP contribution in [0.3, 0.4) is 0 Å². The van der Waals surface area contributed by atoms with Crippen molar-refractivity contribution in [3.05, 3.63) is 83.5 Å². The number of hydrogen-bond acceptors (Lipinski definition) is 4. The summed E-state index contributed by atoms with van der Waals surface area (Å²) in [4.78, 5) is 14.6. The van der Waals surface area contributed by atoms with Crippen LogP contribution >= 0.6 is 0 Å². The summed E-state index contributed by atoms with van der Waals surface area (Å²) in [6, 6.07) is 12.7. The standard InChI is InChI=1S/C22H22N2O2/c1-26-22(25)20-12-8-3-2-7-11-19(20)21-16-24(15-18(21)13-23)14-17-9-5-4-6-10-17/h2-12,18,21H,14-16H2,1H3/b3-2?,7-2-,8-3-,11-7?,12-8?,19-11?,20-12?,20-19?. The Kier molecular flexibility index (Phi) is 5.83. The molecule has 26 heavy (non-hydrogen) atoms. The average molecular weight is 346 g/mol. The number of ether oxygens (including phenoxy) is 1. The molecule has 4 nitrogen and oxygen atoms in total. The zero-order valence-corrected chi connectivity index (χ0v) is 14.8. The lowest BCUT2D eigenvalue weighted by Gasteiger charge is -2.20. The van der Waals surface area contributed by atoms with Gasteiger partial charge in [-0.05, 0) is 17.2 Å². The van der Waals surface area contributed by atoms with Crippen LogP contribution in [-0.2, 0) is 16.1 Å². The average Bonchev–Trinajstić information content (AvgIpc) is 3.04. The number of rotatable bonds is 4. The highest BCUT2D eigenvalue weighted by Gasteiger charge is 2.37. The van der Waals surface area contributed by atoms with Gasteiger partial charge in [0.25, 0.3) is 0 Å². The minimum atomic E-state index is -0.366. The molecule has 1 fully saturated rings. The number of benzene rings is 1. The minimum absolute atomic E-state index is 0.0230. The van der Waals surface area contributed by atoms with Gasteiger partial charge < -0.3 is 4.74 Å². The number of carbonyl (C=O) groups excluding carboxylic acids is 1. The van der Waals surface area contributed by atoms with E-state index in [2.05, 4.69) is 23.1 Å². The molecule has 1 aromatic rings. The molecule has 132 valence electrons. The molecule has 1 aliphatic heterocycles. The van der Waals surface area contributed by atoms with E-state index >= 15 is 0 Å². The number of hydrogen-bond donors (Lipinski definition) is 0. The molecule has 1 aromatic carbocycles. The maximum absolute atomic E-state index is 12.3. The molecule has 0 bridgehead atoms. The number of nitriles is 1. The first kappa shape index (κ1) is 17.9. The van der Waals surface area contributed by atoms with Gasteiger partial charge in [0.15, 0.2) is 0 Å². The molecule has 0 N–H and O–H groups in total. The lowest BCUT2D eigenvalue weighted by Crippen LogP contribution is -2.22. The largest absolute Gasteiger partial charge is 0.465 e. The van der Waals surface area contributed by atoms with Gasteiger partial charge in [0.05, 0.1) is 24.7 Å². The van der Waals surface area contributed by atoms with Gasteiger partial charge in [-0.1, -0.05) is 60.7 Å². The second-order valence-corrected chi connectivity index (χ2v) is 6.49. The first-order valence-corrected chi connectivity index (χ1v) is 8.72. The zero-order chi connectivity index (χ0) is 18.4. The van der Waals surface area contributed by atoms with Crippen molar-refractivity contribution >= 4 is 5.97 Å². The van der Waals surface area contributed by atoms with Gasteiger partial charge in [0, 0.05) is 25.6 Å². The number of methoxy groups -OCH3 is 1. The number of nitrogens with zero attached hydrogens (tertiary/aromatic N) is 2. The van der Waals surface area contributed by atoms with Crippen LogP contribution < -0.4 is 0 Å². The molecule has 0 amide bonds. The Bertz CT molecular complexity index is 812. The number of esters is 1. The molecule has 1 aliphatic carbocycles. The predicted molar refractivity (Wildman–Crippen MR) is 101 cm³/mol. The Hall–Kier alpha value is -2.90. The van der Waals surface area contributed by atoms with Crippen molar-refractivity contribution in [1.29, 1.82) is 5.26 Å². The van der Waals surface area contributed by atoms with Crippen molar-refractivity contribution in [3.8, 4) is 6.07 Å². The summed E-state index contributed by atoms with van der Waals surface area (Å²) in [5.41, 5.74) is 2.63. The molecular weight excluding hydrogens is 324 g/mol. The van der Waals surface area contributed by atoms with Crippen LogP contribution in [0.25, 0.3) is 0 Å². The van der Waals surface area contributed by atoms with Crippen molar-refractivity contribution in [2.45, 2.75) is 6.54 Å². The number of allylic oxidation sites excluding steroid dienone is 6. The molecule has 0 aromatic heterocycles. The van der Waals surface area contributed by atoms with E-state index in [-0.39, 0.29) is 17.8 Å². The van der Waals surface area contributed by atoms with Crippen LogP contribution in [0, 0.1) is 23.2 Å². The number of likely N-dealkylation sites (tertiary alicyclic amines) is 1. The molecule has 0 saturated carbocycles. The molecule has 0 radical (unpaired) electrons. The summed E-state index contributed by atoms with van der Waals surface area (Å²) >= 11 is 0. The van der Waals surface area contributed by atoms with Crippen molar-refractivity contribution in [1.82, 2.24) is 4.90 Å². The fraction of sp³-hybridized carbons (Fsp3) is 0.273. The second kappa shape index (κ2) is 8.46. The Morgan fingerprint density at radius 3 is 2.58 bits per heavy atom. The maximum atomic E-state index is 12.3.